The maximum atomic E-state index is 6.15. The lowest BCUT2D eigenvalue weighted by atomic mass is 10.2. The Bertz CT molecular complexity index is 952. The van der Waals surface area contributed by atoms with Gasteiger partial charge < -0.3 is 15.1 Å². The maximum Gasteiger partial charge on any atom is 0.136 e. The van der Waals surface area contributed by atoms with Crippen molar-refractivity contribution in [2.45, 2.75) is 13.8 Å². The second-order valence-corrected chi connectivity index (χ2v) is 7.49. The van der Waals surface area contributed by atoms with Crippen molar-refractivity contribution in [2.75, 3.05) is 41.3 Å². The Hall–Kier alpha value is -2.79. The maximum absolute atomic E-state index is 6.15. The number of nitrogens with one attached hydrogen (secondary N) is 1. The van der Waals surface area contributed by atoms with Gasteiger partial charge in [-0.1, -0.05) is 35.9 Å². The standard InChI is InChI=1S/C22H24ClN5/c1-16-8-9-18(23)14-20(16)26-21-15-22(25-17(2)24-21)28-12-10-27(11-13-28)19-6-4-3-5-7-19/h3-9,14-15H,10-13H2,1-2H3,(H,24,25,26). The Balaban J connectivity index is 1.49. The van der Waals surface area contributed by atoms with Crippen LogP contribution >= 0.6 is 11.6 Å². The zero-order chi connectivity index (χ0) is 19.5. The van der Waals surface area contributed by atoms with Gasteiger partial charge in [0.25, 0.3) is 0 Å². The third kappa shape index (κ3) is 4.20. The normalized spacial score (nSPS) is 14.2. The number of aryl methyl sites for hydroxylation is 2. The Morgan fingerprint density at radius 3 is 2.32 bits per heavy atom. The minimum atomic E-state index is 0.705. The van der Waals surface area contributed by atoms with Crippen molar-refractivity contribution in [1.82, 2.24) is 9.97 Å². The van der Waals surface area contributed by atoms with Gasteiger partial charge in [-0.3, -0.25) is 0 Å². The van der Waals surface area contributed by atoms with E-state index in [1.165, 1.54) is 5.69 Å². The fourth-order valence-corrected chi connectivity index (χ4v) is 3.65. The number of benzene rings is 2. The SMILES string of the molecule is Cc1nc(Nc2cc(Cl)ccc2C)cc(N2CCN(c3ccccc3)CC2)n1. The van der Waals surface area contributed by atoms with Crippen LogP contribution in [0.2, 0.25) is 5.02 Å². The van der Waals surface area contributed by atoms with E-state index >= 15 is 0 Å². The molecule has 1 aliphatic rings. The number of aromatic nitrogens is 2. The van der Waals surface area contributed by atoms with Crippen LogP contribution in [0.3, 0.4) is 0 Å². The molecule has 0 spiro atoms. The Morgan fingerprint density at radius 1 is 0.857 bits per heavy atom. The molecule has 2 aromatic carbocycles. The highest BCUT2D eigenvalue weighted by Gasteiger charge is 2.19. The van der Waals surface area contributed by atoms with Crippen LogP contribution in [0.1, 0.15) is 11.4 Å². The molecule has 1 aromatic heterocycles. The van der Waals surface area contributed by atoms with E-state index in [0.29, 0.717) is 5.02 Å². The zero-order valence-electron chi connectivity index (χ0n) is 16.2. The zero-order valence-corrected chi connectivity index (χ0v) is 16.9. The molecule has 3 aromatic rings. The highest BCUT2D eigenvalue weighted by atomic mass is 35.5. The number of hydrogen-bond acceptors (Lipinski definition) is 5. The van der Waals surface area contributed by atoms with Crippen LogP contribution in [-0.4, -0.2) is 36.1 Å². The number of halogens is 1. The van der Waals surface area contributed by atoms with E-state index in [0.717, 1.165) is 54.9 Å². The molecule has 0 bridgehead atoms. The van der Waals surface area contributed by atoms with Gasteiger partial charge in [0, 0.05) is 48.6 Å². The summed E-state index contributed by atoms with van der Waals surface area (Å²) >= 11 is 6.15. The van der Waals surface area contributed by atoms with Gasteiger partial charge in [0.05, 0.1) is 0 Å². The smallest absolute Gasteiger partial charge is 0.136 e. The molecule has 144 valence electrons. The molecule has 6 heteroatoms. The Morgan fingerprint density at radius 2 is 1.57 bits per heavy atom. The van der Waals surface area contributed by atoms with Crippen molar-refractivity contribution in [3.05, 3.63) is 71.0 Å². The summed E-state index contributed by atoms with van der Waals surface area (Å²) in [5.41, 5.74) is 3.36. The molecule has 5 nitrogen and oxygen atoms in total. The largest absolute Gasteiger partial charge is 0.368 e. The summed E-state index contributed by atoms with van der Waals surface area (Å²) in [6.45, 7) is 7.80. The van der Waals surface area contributed by atoms with Gasteiger partial charge in [0.15, 0.2) is 0 Å². The lowest BCUT2D eigenvalue weighted by molar-refractivity contribution is 0.646. The third-order valence-electron chi connectivity index (χ3n) is 5.01. The van der Waals surface area contributed by atoms with Gasteiger partial charge in [0.2, 0.25) is 0 Å². The summed E-state index contributed by atoms with van der Waals surface area (Å²) in [7, 11) is 0. The number of anilines is 4. The van der Waals surface area contributed by atoms with Gasteiger partial charge in [-0.15, -0.1) is 0 Å². The summed E-state index contributed by atoms with van der Waals surface area (Å²) in [5.74, 6) is 2.51. The van der Waals surface area contributed by atoms with Gasteiger partial charge >= 0.3 is 0 Å². The van der Waals surface area contributed by atoms with E-state index in [4.69, 9.17) is 11.6 Å². The van der Waals surface area contributed by atoms with Crippen molar-refractivity contribution < 1.29 is 0 Å². The molecule has 0 atom stereocenters. The summed E-state index contributed by atoms with van der Waals surface area (Å²) in [5, 5.41) is 4.10. The van der Waals surface area contributed by atoms with Crippen molar-refractivity contribution >= 4 is 34.6 Å². The predicted octanol–water partition coefficient (Wildman–Crippen LogP) is 4.82. The first kappa shape index (κ1) is 18.6. The van der Waals surface area contributed by atoms with E-state index in [9.17, 15) is 0 Å². The van der Waals surface area contributed by atoms with Gasteiger partial charge in [-0.2, -0.15) is 0 Å². The summed E-state index contributed by atoms with van der Waals surface area (Å²) in [6, 6.07) is 18.4. The molecule has 1 N–H and O–H groups in total. The van der Waals surface area contributed by atoms with Crippen LogP contribution in [0, 0.1) is 13.8 Å². The Kier molecular flexibility index (Phi) is 5.35. The fraction of sp³-hybridized carbons (Fsp3) is 0.273. The molecule has 0 unspecified atom stereocenters. The van der Waals surface area contributed by atoms with Crippen molar-refractivity contribution in [2.24, 2.45) is 0 Å². The molecule has 0 aliphatic carbocycles. The Labute approximate surface area is 171 Å². The minimum absolute atomic E-state index is 0.705. The van der Waals surface area contributed by atoms with Crippen LogP contribution in [0.25, 0.3) is 0 Å². The van der Waals surface area contributed by atoms with Crippen molar-refractivity contribution in [1.29, 1.82) is 0 Å². The van der Waals surface area contributed by atoms with Gasteiger partial charge in [-0.05, 0) is 43.7 Å². The number of para-hydroxylation sites is 1. The fourth-order valence-electron chi connectivity index (χ4n) is 3.48. The average Bonchev–Trinajstić information content (AvgIpc) is 2.71. The molecule has 1 fully saturated rings. The number of rotatable bonds is 4. The molecule has 4 rings (SSSR count). The highest BCUT2D eigenvalue weighted by Crippen LogP contribution is 2.26. The lowest BCUT2D eigenvalue weighted by Crippen LogP contribution is -2.46. The average molecular weight is 394 g/mol. The first-order chi connectivity index (χ1) is 13.6. The second kappa shape index (κ2) is 8.07. The van der Waals surface area contributed by atoms with Crippen LogP contribution < -0.4 is 15.1 Å². The molecule has 28 heavy (non-hydrogen) atoms. The van der Waals surface area contributed by atoms with E-state index in [2.05, 4.69) is 62.3 Å². The molecule has 2 heterocycles. The first-order valence-electron chi connectivity index (χ1n) is 9.52. The number of piperazine rings is 1. The molecule has 1 saturated heterocycles. The second-order valence-electron chi connectivity index (χ2n) is 7.05. The van der Waals surface area contributed by atoms with E-state index < -0.39 is 0 Å². The first-order valence-corrected chi connectivity index (χ1v) is 9.90. The van der Waals surface area contributed by atoms with Crippen LogP contribution in [0.15, 0.2) is 54.6 Å². The minimum Gasteiger partial charge on any atom is -0.368 e. The van der Waals surface area contributed by atoms with E-state index in [1.807, 2.05) is 31.2 Å². The summed E-state index contributed by atoms with van der Waals surface area (Å²) in [6.07, 6.45) is 0. The van der Waals surface area contributed by atoms with E-state index in [1.54, 1.807) is 0 Å². The monoisotopic (exact) mass is 393 g/mol. The van der Waals surface area contributed by atoms with Crippen LogP contribution in [0.4, 0.5) is 23.0 Å². The van der Waals surface area contributed by atoms with Crippen LogP contribution in [0.5, 0.6) is 0 Å². The van der Waals surface area contributed by atoms with Crippen LogP contribution in [-0.2, 0) is 0 Å². The summed E-state index contributed by atoms with van der Waals surface area (Å²) in [4.78, 5) is 14.0. The van der Waals surface area contributed by atoms with E-state index in [-0.39, 0.29) is 0 Å². The molecule has 0 saturated carbocycles. The molecule has 0 amide bonds. The number of nitrogens with zero attached hydrogens (tertiary/aromatic N) is 4. The van der Waals surface area contributed by atoms with Gasteiger partial charge in [-0.25, -0.2) is 9.97 Å². The lowest BCUT2D eigenvalue weighted by Gasteiger charge is -2.36. The number of hydrogen-bond donors (Lipinski definition) is 1. The predicted molar refractivity (Wildman–Crippen MR) is 117 cm³/mol. The molecule has 1 aliphatic heterocycles. The summed E-state index contributed by atoms with van der Waals surface area (Å²) < 4.78 is 0. The topological polar surface area (TPSA) is 44.3 Å². The molecular weight excluding hydrogens is 370 g/mol. The molecule has 0 radical (unpaired) electrons. The van der Waals surface area contributed by atoms with Gasteiger partial charge in [0.1, 0.15) is 17.5 Å². The van der Waals surface area contributed by atoms with Crippen molar-refractivity contribution in [3.8, 4) is 0 Å². The van der Waals surface area contributed by atoms with Crippen molar-refractivity contribution in [3.63, 3.8) is 0 Å². The third-order valence-corrected chi connectivity index (χ3v) is 5.25. The highest BCUT2D eigenvalue weighted by molar-refractivity contribution is 6.30. The quantitative estimate of drug-likeness (QED) is 0.688. The molecular formula is C22H24ClN5.